The van der Waals surface area contributed by atoms with E-state index in [1.54, 1.807) is 11.3 Å². The summed E-state index contributed by atoms with van der Waals surface area (Å²) in [6, 6.07) is 0. The van der Waals surface area contributed by atoms with Crippen LogP contribution in [0.4, 0.5) is 0 Å². The Bertz CT molecular complexity index is 319. The highest BCUT2D eigenvalue weighted by atomic mass is 32.1. The number of aliphatic hydroxyl groups is 2. The summed E-state index contributed by atoms with van der Waals surface area (Å²) in [6.45, 7) is 4.06. The van der Waals surface area contributed by atoms with Crippen molar-refractivity contribution in [1.82, 2.24) is 9.88 Å². The Balaban J connectivity index is 1.82. The van der Waals surface area contributed by atoms with Gasteiger partial charge in [0.2, 0.25) is 0 Å². The topological polar surface area (TPSA) is 56.6 Å². The van der Waals surface area contributed by atoms with Crippen molar-refractivity contribution in [2.75, 3.05) is 19.6 Å². The minimum absolute atomic E-state index is 0.576. The molecule has 0 radical (unpaired) electrons. The van der Waals surface area contributed by atoms with E-state index in [-0.39, 0.29) is 0 Å². The van der Waals surface area contributed by atoms with Gasteiger partial charge in [0.25, 0.3) is 0 Å². The number of aromatic nitrogens is 1. The Labute approximate surface area is 93.2 Å². The first-order chi connectivity index (χ1) is 7.16. The Hall–Kier alpha value is -0.490. The normalized spacial score (nSPS) is 27.4. The molecule has 2 N–H and O–H groups in total. The number of hydrogen-bond acceptors (Lipinski definition) is 5. The minimum atomic E-state index is -0.576. The van der Waals surface area contributed by atoms with Gasteiger partial charge in [0.1, 0.15) is 0 Å². The maximum Gasteiger partial charge on any atom is 0.0938 e. The van der Waals surface area contributed by atoms with Gasteiger partial charge in [-0.05, 0) is 13.3 Å². The average molecular weight is 228 g/mol. The van der Waals surface area contributed by atoms with Crippen molar-refractivity contribution in [1.29, 1.82) is 0 Å². The number of aliphatic hydroxyl groups excluding tert-OH is 2. The van der Waals surface area contributed by atoms with Crippen LogP contribution >= 0.6 is 11.3 Å². The summed E-state index contributed by atoms with van der Waals surface area (Å²) in [5.41, 5.74) is 2.96. The monoisotopic (exact) mass is 228 g/mol. The molecule has 1 aromatic heterocycles. The van der Waals surface area contributed by atoms with Crippen molar-refractivity contribution in [2.24, 2.45) is 0 Å². The third kappa shape index (κ3) is 2.55. The van der Waals surface area contributed by atoms with Crippen LogP contribution in [0.25, 0.3) is 0 Å². The van der Waals surface area contributed by atoms with E-state index in [0.717, 1.165) is 18.7 Å². The summed E-state index contributed by atoms with van der Waals surface area (Å²) in [5.74, 6) is 0. The number of rotatable bonds is 3. The first kappa shape index (κ1) is 11.0. The molecule has 2 heterocycles. The number of nitrogens with zero attached hydrogens (tertiary/aromatic N) is 2. The van der Waals surface area contributed by atoms with E-state index >= 15 is 0 Å². The Kier molecular flexibility index (Phi) is 3.35. The lowest BCUT2D eigenvalue weighted by Crippen LogP contribution is -2.24. The van der Waals surface area contributed by atoms with Gasteiger partial charge < -0.3 is 10.2 Å². The van der Waals surface area contributed by atoms with Crippen LogP contribution in [-0.4, -0.2) is 51.9 Å². The summed E-state index contributed by atoms with van der Waals surface area (Å²) >= 11 is 1.67. The van der Waals surface area contributed by atoms with Gasteiger partial charge in [-0.2, -0.15) is 0 Å². The van der Waals surface area contributed by atoms with E-state index in [1.165, 1.54) is 4.88 Å². The van der Waals surface area contributed by atoms with Crippen LogP contribution in [-0.2, 0) is 6.42 Å². The van der Waals surface area contributed by atoms with E-state index < -0.39 is 12.2 Å². The molecule has 0 amide bonds. The van der Waals surface area contributed by atoms with Gasteiger partial charge in [-0.1, -0.05) is 0 Å². The third-order valence-electron chi connectivity index (χ3n) is 2.83. The zero-order chi connectivity index (χ0) is 10.8. The fraction of sp³-hybridized carbons (Fsp3) is 0.700. The molecule has 0 aliphatic carbocycles. The number of thiazole rings is 1. The fourth-order valence-corrected chi connectivity index (χ4v) is 2.63. The number of β-amino-alcohol motifs (C(OH)–C–C–N with tert-alkyl or cyclic N) is 2. The maximum atomic E-state index is 9.38. The standard InChI is InChI=1S/C10H16N2O2S/c1-7-10(15-6-11-7)2-3-12-4-8(13)9(14)5-12/h6,8-9,13-14H,2-5H2,1H3. The van der Waals surface area contributed by atoms with Gasteiger partial charge in [-0.25, -0.2) is 4.98 Å². The largest absolute Gasteiger partial charge is 0.389 e. The second-order valence-electron chi connectivity index (χ2n) is 4.01. The van der Waals surface area contributed by atoms with E-state index in [2.05, 4.69) is 9.88 Å². The van der Waals surface area contributed by atoms with Crippen LogP contribution in [0.5, 0.6) is 0 Å². The zero-order valence-electron chi connectivity index (χ0n) is 8.76. The lowest BCUT2D eigenvalue weighted by molar-refractivity contribution is 0.0572. The molecule has 1 saturated heterocycles. The Morgan fingerprint density at radius 2 is 2.13 bits per heavy atom. The van der Waals surface area contributed by atoms with Crippen molar-refractivity contribution in [3.63, 3.8) is 0 Å². The van der Waals surface area contributed by atoms with Crippen LogP contribution in [0.1, 0.15) is 10.6 Å². The zero-order valence-corrected chi connectivity index (χ0v) is 9.57. The lowest BCUT2D eigenvalue weighted by atomic mass is 10.3. The van der Waals surface area contributed by atoms with E-state index in [0.29, 0.717) is 13.1 Å². The highest BCUT2D eigenvalue weighted by Crippen LogP contribution is 2.15. The van der Waals surface area contributed by atoms with Crippen molar-refractivity contribution >= 4 is 11.3 Å². The van der Waals surface area contributed by atoms with Gasteiger partial charge >= 0.3 is 0 Å². The highest BCUT2D eigenvalue weighted by molar-refractivity contribution is 7.09. The van der Waals surface area contributed by atoms with Crippen LogP contribution in [0.2, 0.25) is 0 Å². The second-order valence-corrected chi connectivity index (χ2v) is 4.94. The smallest absolute Gasteiger partial charge is 0.0938 e. The Morgan fingerprint density at radius 3 is 2.67 bits per heavy atom. The first-order valence-electron chi connectivity index (χ1n) is 5.14. The second kappa shape index (κ2) is 4.57. The van der Waals surface area contributed by atoms with Gasteiger partial charge in [0, 0.05) is 24.5 Å². The average Bonchev–Trinajstić information content (AvgIpc) is 2.72. The molecule has 1 aliphatic rings. The molecule has 15 heavy (non-hydrogen) atoms. The molecule has 5 heteroatoms. The molecule has 0 bridgehead atoms. The van der Waals surface area contributed by atoms with Crippen molar-refractivity contribution in [3.05, 3.63) is 16.1 Å². The first-order valence-corrected chi connectivity index (χ1v) is 6.02. The molecule has 84 valence electrons. The van der Waals surface area contributed by atoms with Crippen LogP contribution in [0.15, 0.2) is 5.51 Å². The Morgan fingerprint density at radius 1 is 1.47 bits per heavy atom. The van der Waals surface area contributed by atoms with Crippen molar-refractivity contribution in [3.8, 4) is 0 Å². The summed E-state index contributed by atoms with van der Waals surface area (Å²) in [7, 11) is 0. The molecule has 2 unspecified atom stereocenters. The SMILES string of the molecule is Cc1ncsc1CCN1CC(O)C(O)C1. The molecule has 0 spiro atoms. The molecule has 2 atom stereocenters. The summed E-state index contributed by atoms with van der Waals surface area (Å²) in [5, 5.41) is 18.8. The summed E-state index contributed by atoms with van der Waals surface area (Å²) in [6.07, 6.45) is -0.198. The van der Waals surface area contributed by atoms with E-state index in [4.69, 9.17) is 0 Å². The molecule has 0 saturated carbocycles. The van der Waals surface area contributed by atoms with Crippen LogP contribution in [0, 0.1) is 6.92 Å². The summed E-state index contributed by atoms with van der Waals surface area (Å²) < 4.78 is 0. The van der Waals surface area contributed by atoms with Gasteiger partial charge in [0.15, 0.2) is 0 Å². The van der Waals surface area contributed by atoms with Gasteiger partial charge in [-0.15, -0.1) is 11.3 Å². The highest BCUT2D eigenvalue weighted by Gasteiger charge is 2.28. The van der Waals surface area contributed by atoms with Crippen LogP contribution < -0.4 is 0 Å². The van der Waals surface area contributed by atoms with Crippen molar-refractivity contribution < 1.29 is 10.2 Å². The van der Waals surface area contributed by atoms with Gasteiger partial charge in [0.05, 0.1) is 23.4 Å². The number of hydrogen-bond donors (Lipinski definition) is 2. The quantitative estimate of drug-likeness (QED) is 0.766. The summed E-state index contributed by atoms with van der Waals surface area (Å²) in [4.78, 5) is 7.58. The predicted molar refractivity (Wildman–Crippen MR) is 59.0 cm³/mol. The lowest BCUT2D eigenvalue weighted by Gasteiger charge is -2.13. The minimum Gasteiger partial charge on any atom is -0.389 e. The van der Waals surface area contributed by atoms with Crippen LogP contribution in [0.3, 0.4) is 0 Å². The molecule has 1 aromatic rings. The number of aryl methyl sites for hydroxylation is 1. The maximum absolute atomic E-state index is 9.38. The van der Waals surface area contributed by atoms with E-state index in [9.17, 15) is 10.2 Å². The van der Waals surface area contributed by atoms with Crippen molar-refractivity contribution in [2.45, 2.75) is 25.6 Å². The molecule has 0 aromatic carbocycles. The van der Waals surface area contributed by atoms with E-state index in [1.807, 2.05) is 12.4 Å². The van der Waals surface area contributed by atoms with Gasteiger partial charge in [-0.3, -0.25) is 4.90 Å². The number of likely N-dealkylation sites (tertiary alicyclic amines) is 1. The molecular weight excluding hydrogens is 212 g/mol. The predicted octanol–water partition coefficient (Wildman–Crippen LogP) is 0.0314. The molecule has 1 aliphatic heterocycles. The molecule has 4 nitrogen and oxygen atoms in total. The molecule has 1 fully saturated rings. The third-order valence-corrected chi connectivity index (χ3v) is 3.83. The fourth-order valence-electron chi connectivity index (χ4n) is 1.86. The molecule has 2 rings (SSSR count). The molecular formula is C10H16N2O2S.